The predicted octanol–water partition coefficient (Wildman–Crippen LogP) is 5.08. The van der Waals surface area contributed by atoms with Gasteiger partial charge in [-0.1, -0.05) is 12.0 Å². The first kappa shape index (κ1) is 26.4. The number of pyridine rings is 1. The van der Waals surface area contributed by atoms with E-state index in [-0.39, 0.29) is 69.8 Å². The molecule has 4 aromatic rings. The summed E-state index contributed by atoms with van der Waals surface area (Å²) in [4.78, 5) is 17.1. The molecule has 0 unspecified atom stereocenters. The number of aromatic nitrogens is 3. The van der Waals surface area contributed by atoms with Crippen LogP contribution in [0.3, 0.4) is 0 Å². The second-order valence-electron chi connectivity index (χ2n) is 12.2. The highest BCUT2D eigenvalue weighted by Gasteiger charge is 2.56. The van der Waals surface area contributed by atoms with Crippen LogP contribution in [0, 0.1) is 29.9 Å². The molecule has 45 heavy (non-hydrogen) atoms. The van der Waals surface area contributed by atoms with Gasteiger partial charge in [-0.3, -0.25) is 9.88 Å². The van der Waals surface area contributed by atoms with Crippen molar-refractivity contribution in [3.8, 4) is 29.6 Å². The molecule has 2 aromatic heterocycles. The molecule has 8 rings (SSSR count). The van der Waals surface area contributed by atoms with Crippen molar-refractivity contribution in [3.05, 3.63) is 47.7 Å². The molecule has 3 saturated heterocycles. The number of fused-ring (bicyclic) bond motifs is 4. The molecule has 0 spiro atoms. The molecule has 0 radical (unpaired) electrons. The number of terminal acetylenes is 1. The number of nitrogen functional groups attached to an aromatic ring is 1. The number of hydrogen-bond acceptors (Lipinski definition) is 8. The second-order valence-corrected chi connectivity index (χ2v) is 12.8. The molecule has 1 aliphatic carbocycles. The quantitative estimate of drug-likeness (QED) is 0.184. The number of ether oxygens (including phenoxy) is 2. The van der Waals surface area contributed by atoms with Crippen LogP contribution in [0.1, 0.15) is 27.6 Å². The van der Waals surface area contributed by atoms with E-state index >= 15 is 4.39 Å². The van der Waals surface area contributed by atoms with Crippen molar-refractivity contribution in [2.75, 3.05) is 50.0 Å². The zero-order valence-electron chi connectivity index (χ0n) is 26.1. The number of anilines is 2. The highest BCUT2D eigenvalue weighted by Crippen LogP contribution is 2.46. The van der Waals surface area contributed by atoms with Crippen LogP contribution >= 0.6 is 11.6 Å². The first-order valence-corrected chi connectivity index (χ1v) is 15.4. The molecule has 2 aromatic carbocycles. The minimum atomic E-state index is -2.31. The SMILES string of the molecule is [2H]C([2H])(Oc1nc(N2CCOC[C@H]3[C@H](F)[C@H]32)c2cnc(-c3cc(N)cc4ccc(F)c(C#C)c34)c(F)c2n1)[C@@]12CCCN1C[C@@H](Cl)C2. The minimum absolute atomic E-state index is 0.0766. The van der Waals surface area contributed by atoms with Crippen LogP contribution in [-0.2, 0) is 4.74 Å². The number of halogens is 4. The Labute approximate surface area is 265 Å². The lowest BCUT2D eigenvalue weighted by atomic mass is 9.95. The highest BCUT2D eigenvalue weighted by molar-refractivity contribution is 6.21. The average molecular weight is 637 g/mol. The summed E-state index contributed by atoms with van der Waals surface area (Å²) in [6.07, 6.45) is 7.51. The molecule has 4 aliphatic rings. The van der Waals surface area contributed by atoms with Gasteiger partial charge in [-0.15, -0.1) is 18.0 Å². The first-order valence-electron chi connectivity index (χ1n) is 15.9. The first-order chi connectivity index (χ1) is 22.5. The molecule has 232 valence electrons. The third-order valence-electron chi connectivity index (χ3n) is 9.52. The molecule has 2 N–H and O–H groups in total. The maximum atomic E-state index is 16.9. The number of rotatable bonds is 5. The lowest BCUT2D eigenvalue weighted by molar-refractivity contribution is 0.108. The van der Waals surface area contributed by atoms with Gasteiger partial charge in [-0.05, 0) is 49.4 Å². The van der Waals surface area contributed by atoms with Crippen molar-refractivity contribution in [1.29, 1.82) is 0 Å². The van der Waals surface area contributed by atoms with Gasteiger partial charge < -0.3 is 20.1 Å². The van der Waals surface area contributed by atoms with Gasteiger partial charge in [0.15, 0.2) is 5.82 Å². The summed E-state index contributed by atoms with van der Waals surface area (Å²) in [5, 5.41) is 0.642. The van der Waals surface area contributed by atoms with E-state index in [1.54, 1.807) is 11.0 Å². The predicted molar refractivity (Wildman–Crippen MR) is 166 cm³/mol. The van der Waals surface area contributed by atoms with Crippen molar-refractivity contribution in [3.63, 3.8) is 0 Å². The molecule has 5 heterocycles. The van der Waals surface area contributed by atoms with Crippen molar-refractivity contribution < 1.29 is 25.4 Å². The van der Waals surface area contributed by atoms with Crippen LogP contribution in [0.25, 0.3) is 32.9 Å². The second kappa shape index (κ2) is 10.6. The maximum Gasteiger partial charge on any atom is 0.319 e. The third-order valence-corrected chi connectivity index (χ3v) is 9.81. The summed E-state index contributed by atoms with van der Waals surface area (Å²) in [5.41, 5.74) is 5.07. The van der Waals surface area contributed by atoms with Gasteiger partial charge in [0.1, 0.15) is 35.6 Å². The van der Waals surface area contributed by atoms with E-state index in [0.29, 0.717) is 31.3 Å². The summed E-state index contributed by atoms with van der Waals surface area (Å²) in [7, 11) is 0. The molecule has 12 heteroatoms. The molecule has 0 bridgehead atoms. The van der Waals surface area contributed by atoms with Crippen LogP contribution in [-0.4, -0.2) is 82.4 Å². The van der Waals surface area contributed by atoms with Crippen LogP contribution < -0.4 is 15.4 Å². The fourth-order valence-electron chi connectivity index (χ4n) is 7.35. The normalized spacial score (nSPS) is 28.7. The van der Waals surface area contributed by atoms with E-state index in [9.17, 15) is 8.78 Å². The Morgan fingerprint density at radius 1 is 1.27 bits per heavy atom. The fraction of sp³-hybridized carbons (Fsp3) is 0.424. The van der Waals surface area contributed by atoms with Crippen LogP contribution in [0.2, 0.25) is 0 Å². The Balaban J connectivity index is 1.32. The Morgan fingerprint density at radius 2 is 2.13 bits per heavy atom. The van der Waals surface area contributed by atoms with Crippen molar-refractivity contribution in [2.45, 2.75) is 42.4 Å². The molecular weight excluding hydrogens is 605 g/mol. The highest BCUT2D eigenvalue weighted by atomic mass is 35.5. The van der Waals surface area contributed by atoms with Gasteiger partial charge in [-0.25, -0.2) is 13.2 Å². The van der Waals surface area contributed by atoms with Crippen molar-refractivity contribution >= 4 is 44.8 Å². The fourth-order valence-corrected chi connectivity index (χ4v) is 7.77. The Morgan fingerprint density at radius 3 is 2.98 bits per heavy atom. The number of benzene rings is 2. The van der Waals surface area contributed by atoms with E-state index in [1.807, 2.05) is 4.90 Å². The lowest BCUT2D eigenvalue weighted by Crippen LogP contribution is -2.43. The molecule has 1 saturated carbocycles. The Bertz CT molecular complexity index is 2000. The molecule has 0 amide bonds. The zero-order valence-corrected chi connectivity index (χ0v) is 24.8. The van der Waals surface area contributed by atoms with Crippen molar-refractivity contribution in [1.82, 2.24) is 19.9 Å². The number of nitrogens with zero attached hydrogens (tertiary/aromatic N) is 5. The van der Waals surface area contributed by atoms with Gasteiger partial charge in [0.05, 0.1) is 38.5 Å². The van der Waals surface area contributed by atoms with Gasteiger partial charge in [0, 0.05) is 47.2 Å². The Hall–Kier alpha value is -3.85. The summed E-state index contributed by atoms with van der Waals surface area (Å²) < 4.78 is 76.6. The lowest BCUT2D eigenvalue weighted by Gasteiger charge is -2.31. The topological polar surface area (TPSA) is 89.6 Å². The smallest absolute Gasteiger partial charge is 0.319 e. The van der Waals surface area contributed by atoms with E-state index in [2.05, 4.69) is 20.9 Å². The molecule has 5 atom stereocenters. The molecule has 8 nitrogen and oxygen atoms in total. The molecular formula is C33H30ClF3N6O2. The maximum absolute atomic E-state index is 16.9. The summed E-state index contributed by atoms with van der Waals surface area (Å²) in [5.74, 6) is 0.541. The number of hydrogen-bond donors (Lipinski definition) is 1. The zero-order chi connectivity index (χ0) is 32.8. The third kappa shape index (κ3) is 4.56. The van der Waals surface area contributed by atoms with Crippen LogP contribution in [0.5, 0.6) is 6.01 Å². The van der Waals surface area contributed by atoms with Gasteiger partial charge in [0.25, 0.3) is 0 Å². The van der Waals surface area contributed by atoms with E-state index in [4.69, 9.17) is 36.0 Å². The van der Waals surface area contributed by atoms with E-state index in [1.165, 1.54) is 24.4 Å². The van der Waals surface area contributed by atoms with Gasteiger partial charge >= 0.3 is 6.01 Å². The largest absolute Gasteiger partial charge is 0.461 e. The summed E-state index contributed by atoms with van der Waals surface area (Å²) >= 11 is 6.50. The average Bonchev–Trinajstić information content (AvgIpc) is 3.39. The molecule has 4 fully saturated rings. The minimum Gasteiger partial charge on any atom is -0.461 e. The van der Waals surface area contributed by atoms with Crippen LogP contribution in [0.4, 0.5) is 24.7 Å². The number of alkyl halides is 2. The summed E-state index contributed by atoms with van der Waals surface area (Å²) in [6.45, 7) is -0.354. The van der Waals surface area contributed by atoms with Crippen molar-refractivity contribution in [2.24, 2.45) is 5.92 Å². The van der Waals surface area contributed by atoms with E-state index in [0.717, 1.165) is 6.42 Å². The van der Waals surface area contributed by atoms with E-state index < -0.39 is 47.9 Å². The van der Waals surface area contributed by atoms with Gasteiger partial charge in [0.2, 0.25) is 0 Å². The Kier molecular flexibility index (Phi) is 6.22. The van der Waals surface area contributed by atoms with Crippen LogP contribution in [0.15, 0.2) is 30.5 Å². The standard InChI is InChI=1S/C33H30ClF3N6O2/c1-2-20-24(35)5-4-17-10-19(38)11-21(25(17)20)28-27(37)29-22(13-39-28)31(43-8-9-44-15-23-26(36)30(23)43)41-32(40-29)45-16-33-6-3-7-42(33)14-18(34)12-33/h1,4-5,10-11,13,18,23,26,30H,3,6-9,12,14-16,38H2/t18-,23-,26-,30-,33-/m0/s1/i16D2. The molecule has 3 aliphatic heterocycles. The van der Waals surface area contributed by atoms with Gasteiger partial charge in [-0.2, -0.15) is 9.97 Å². The number of nitrogens with two attached hydrogens (primary N) is 1. The monoisotopic (exact) mass is 636 g/mol. The summed E-state index contributed by atoms with van der Waals surface area (Å²) in [6, 6.07) is 4.80.